The molecule has 0 saturated heterocycles. The van der Waals surface area contributed by atoms with Gasteiger partial charge in [-0.15, -0.1) is 11.3 Å². The van der Waals surface area contributed by atoms with Crippen molar-refractivity contribution in [1.29, 1.82) is 0 Å². The second-order valence-electron chi connectivity index (χ2n) is 4.20. The highest BCUT2D eigenvalue weighted by molar-refractivity contribution is 7.09. The molecule has 17 heavy (non-hydrogen) atoms. The normalized spacial score (nSPS) is 12.4. The number of hydrogen-bond donors (Lipinski definition) is 2. The second-order valence-corrected chi connectivity index (χ2v) is 5.14. The number of aromatic nitrogens is 1. The molecule has 1 unspecified atom stereocenters. The van der Waals surface area contributed by atoms with E-state index in [-0.39, 0.29) is 5.91 Å². The lowest BCUT2D eigenvalue weighted by atomic mass is 10.0. The molecule has 1 heterocycles. The van der Waals surface area contributed by atoms with Crippen molar-refractivity contribution in [3.05, 3.63) is 16.1 Å². The summed E-state index contributed by atoms with van der Waals surface area (Å²) in [6.07, 6.45) is 2.29. The Hall–Kier alpha value is -0.940. The summed E-state index contributed by atoms with van der Waals surface area (Å²) >= 11 is 1.64. The summed E-state index contributed by atoms with van der Waals surface area (Å²) in [5.41, 5.74) is 6.61. The Labute approximate surface area is 107 Å². The fourth-order valence-corrected chi connectivity index (χ4v) is 2.33. The monoisotopic (exact) mass is 255 g/mol. The summed E-state index contributed by atoms with van der Waals surface area (Å²) in [7, 11) is 0. The molecule has 1 atom stereocenters. The molecule has 1 aromatic heterocycles. The molecule has 0 fully saturated rings. The average Bonchev–Trinajstić information content (AvgIpc) is 2.72. The van der Waals surface area contributed by atoms with Crippen LogP contribution in [-0.2, 0) is 11.2 Å². The van der Waals surface area contributed by atoms with Gasteiger partial charge in [0, 0.05) is 30.5 Å². The van der Waals surface area contributed by atoms with Crippen molar-refractivity contribution in [2.24, 2.45) is 11.7 Å². The largest absolute Gasteiger partial charge is 0.356 e. The summed E-state index contributed by atoms with van der Waals surface area (Å²) in [6, 6.07) is 0. The smallest absolute Gasteiger partial charge is 0.220 e. The lowest BCUT2D eigenvalue weighted by Crippen LogP contribution is -2.29. The van der Waals surface area contributed by atoms with Gasteiger partial charge < -0.3 is 11.1 Å². The molecule has 1 aromatic rings. The molecule has 0 saturated carbocycles. The molecule has 0 bridgehead atoms. The molecular formula is C12H21N3OS. The third-order valence-electron chi connectivity index (χ3n) is 2.71. The van der Waals surface area contributed by atoms with Gasteiger partial charge in [0.05, 0.1) is 5.01 Å². The number of thiazole rings is 1. The minimum Gasteiger partial charge on any atom is -0.356 e. The van der Waals surface area contributed by atoms with E-state index in [1.54, 1.807) is 11.3 Å². The van der Waals surface area contributed by atoms with E-state index in [2.05, 4.69) is 17.2 Å². The maximum atomic E-state index is 11.6. The van der Waals surface area contributed by atoms with E-state index in [1.165, 1.54) is 0 Å². The summed E-state index contributed by atoms with van der Waals surface area (Å²) in [6.45, 7) is 5.28. The molecule has 0 aliphatic heterocycles. The molecule has 96 valence electrons. The number of aryl methyl sites for hydroxylation is 1. The van der Waals surface area contributed by atoms with Crippen molar-refractivity contribution < 1.29 is 4.79 Å². The zero-order valence-corrected chi connectivity index (χ0v) is 11.3. The van der Waals surface area contributed by atoms with E-state index in [0.717, 1.165) is 23.5 Å². The molecule has 1 rings (SSSR count). The molecule has 1 amide bonds. The van der Waals surface area contributed by atoms with Crippen molar-refractivity contribution in [1.82, 2.24) is 10.3 Å². The summed E-state index contributed by atoms with van der Waals surface area (Å²) in [4.78, 5) is 15.9. The Morgan fingerprint density at radius 3 is 2.94 bits per heavy atom. The number of carbonyl (C=O) groups excluding carboxylic acids is 1. The van der Waals surface area contributed by atoms with Gasteiger partial charge in [-0.3, -0.25) is 4.79 Å². The Balaban J connectivity index is 2.20. The third-order valence-corrected chi connectivity index (χ3v) is 3.74. The van der Waals surface area contributed by atoms with Crippen molar-refractivity contribution in [2.75, 3.05) is 13.1 Å². The van der Waals surface area contributed by atoms with Crippen LogP contribution in [-0.4, -0.2) is 24.0 Å². The van der Waals surface area contributed by atoms with E-state index in [1.807, 2.05) is 12.3 Å². The van der Waals surface area contributed by atoms with Crippen molar-refractivity contribution >= 4 is 17.2 Å². The summed E-state index contributed by atoms with van der Waals surface area (Å²) in [5, 5.41) is 6.02. The van der Waals surface area contributed by atoms with Crippen LogP contribution in [0.1, 0.15) is 30.5 Å². The van der Waals surface area contributed by atoms with Crippen molar-refractivity contribution in [3.63, 3.8) is 0 Å². The first-order valence-electron chi connectivity index (χ1n) is 6.03. The molecule has 0 radical (unpaired) electrons. The summed E-state index contributed by atoms with van der Waals surface area (Å²) in [5.74, 6) is 0.396. The first-order chi connectivity index (χ1) is 8.15. The molecule has 5 heteroatoms. The number of nitrogens with zero attached hydrogens (tertiary/aromatic N) is 1. The van der Waals surface area contributed by atoms with E-state index in [4.69, 9.17) is 5.73 Å². The van der Waals surface area contributed by atoms with Crippen LogP contribution in [0, 0.1) is 12.8 Å². The van der Waals surface area contributed by atoms with Crippen LogP contribution in [0.15, 0.2) is 5.38 Å². The minimum atomic E-state index is 0.0931. The lowest BCUT2D eigenvalue weighted by molar-refractivity contribution is -0.121. The fraction of sp³-hybridized carbons (Fsp3) is 0.667. The Kier molecular flexibility index (Phi) is 6.15. The Morgan fingerprint density at radius 2 is 2.41 bits per heavy atom. The molecule has 3 N–H and O–H groups in total. The maximum Gasteiger partial charge on any atom is 0.220 e. The Bertz CT molecular complexity index is 347. The van der Waals surface area contributed by atoms with Gasteiger partial charge in [-0.05, 0) is 19.4 Å². The highest BCUT2D eigenvalue weighted by atomic mass is 32.1. The Morgan fingerprint density at radius 1 is 1.65 bits per heavy atom. The van der Waals surface area contributed by atoms with Gasteiger partial charge in [-0.1, -0.05) is 13.3 Å². The fourth-order valence-electron chi connectivity index (χ4n) is 1.56. The number of nitrogens with one attached hydrogen (secondary N) is 1. The molecular weight excluding hydrogens is 234 g/mol. The topological polar surface area (TPSA) is 68.0 Å². The number of nitrogens with two attached hydrogens (primary N) is 1. The maximum absolute atomic E-state index is 11.6. The quantitative estimate of drug-likeness (QED) is 0.775. The van der Waals surface area contributed by atoms with Gasteiger partial charge in [0.25, 0.3) is 0 Å². The first-order valence-corrected chi connectivity index (χ1v) is 6.91. The van der Waals surface area contributed by atoms with Gasteiger partial charge >= 0.3 is 0 Å². The van der Waals surface area contributed by atoms with Crippen LogP contribution in [0.25, 0.3) is 0 Å². The zero-order valence-electron chi connectivity index (χ0n) is 10.5. The minimum absolute atomic E-state index is 0.0931. The van der Waals surface area contributed by atoms with Gasteiger partial charge in [-0.25, -0.2) is 4.98 Å². The summed E-state index contributed by atoms with van der Waals surface area (Å²) < 4.78 is 0. The number of rotatable bonds is 7. The first kappa shape index (κ1) is 14.1. The molecule has 0 aliphatic rings. The second kappa shape index (κ2) is 7.40. The van der Waals surface area contributed by atoms with E-state index < -0.39 is 0 Å². The standard InChI is InChI=1S/C12H21N3OS/c1-3-10(7-13)6-11(16)14-5-4-12-15-9(2)8-17-12/h8,10H,3-7,13H2,1-2H3,(H,14,16). The van der Waals surface area contributed by atoms with Gasteiger partial charge in [0.1, 0.15) is 0 Å². The molecule has 0 aliphatic carbocycles. The number of carbonyl (C=O) groups is 1. The van der Waals surface area contributed by atoms with Gasteiger partial charge in [0.2, 0.25) is 5.91 Å². The number of amides is 1. The van der Waals surface area contributed by atoms with Crippen LogP contribution >= 0.6 is 11.3 Å². The van der Waals surface area contributed by atoms with Crippen LogP contribution in [0.3, 0.4) is 0 Å². The van der Waals surface area contributed by atoms with Gasteiger partial charge in [-0.2, -0.15) is 0 Å². The molecule has 4 nitrogen and oxygen atoms in total. The SMILES string of the molecule is CCC(CN)CC(=O)NCCc1nc(C)cs1. The molecule has 0 spiro atoms. The van der Waals surface area contributed by atoms with E-state index in [0.29, 0.717) is 25.4 Å². The predicted octanol–water partition coefficient (Wildman–Crippen LogP) is 1.49. The van der Waals surface area contributed by atoms with Crippen molar-refractivity contribution in [3.8, 4) is 0 Å². The van der Waals surface area contributed by atoms with Crippen LogP contribution < -0.4 is 11.1 Å². The number of hydrogen-bond acceptors (Lipinski definition) is 4. The van der Waals surface area contributed by atoms with Crippen LogP contribution in [0.4, 0.5) is 0 Å². The lowest BCUT2D eigenvalue weighted by Gasteiger charge is -2.11. The highest BCUT2D eigenvalue weighted by Gasteiger charge is 2.10. The zero-order chi connectivity index (χ0) is 12.7. The third kappa shape index (κ3) is 5.28. The van der Waals surface area contributed by atoms with Crippen LogP contribution in [0.5, 0.6) is 0 Å². The predicted molar refractivity (Wildman–Crippen MR) is 71.0 cm³/mol. The van der Waals surface area contributed by atoms with Crippen LogP contribution in [0.2, 0.25) is 0 Å². The van der Waals surface area contributed by atoms with Gasteiger partial charge in [0.15, 0.2) is 0 Å². The molecule has 0 aromatic carbocycles. The van der Waals surface area contributed by atoms with Crippen molar-refractivity contribution in [2.45, 2.75) is 33.1 Å². The average molecular weight is 255 g/mol. The van der Waals surface area contributed by atoms with E-state index >= 15 is 0 Å². The highest BCUT2D eigenvalue weighted by Crippen LogP contribution is 2.09. The van der Waals surface area contributed by atoms with E-state index in [9.17, 15) is 4.79 Å².